The molecule has 8 rings (SSSR count). The fourth-order valence-corrected chi connectivity index (χ4v) is 7.65. The zero-order chi connectivity index (χ0) is 39.1. The maximum absolute atomic E-state index is 13.7. The molecule has 0 atom stereocenters. The third kappa shape index (κ3) is 8.63. The van der Waals surface area contributed by atoms with E-state index in [1.807, 2.05) is 65.8 Å². The van der Waals surface area contributed by atoms with Crippen molar-refractivity contribution in [2.45, 2.75) is 19.5 Å². The molecule has 5 heterocycles. The number of carbonyl (C=O) groups is 1. The lowest BCUT2D eigenvalue weighted by molar-refractivity contribution is 0.0615. The number of aliphatic hydroxyl groups is 1. The minimum Gasteiger partial charge on any atom is -0.497 e. The summed E-state index contributed by atoms with van der Waals surface area (Å²) in [4.78, 5) is 44.5. The van der Waals surface area contributed by atoms with E-state index < -0.39 is 0 Å². The molecule has 0 aliphatic carbocycles. The van der Waals surface area contributed by atoms with Crippen molar-refractivity contribution in [3.05, 3.63) is 107 Å². The van der Waals surface area contributed by atoms with Gasteiger partial charge in [0.2, 0.25) is 11.9 Å². The Morgan fingerprint density at radius 2 is 1.46 bits per heavy atom. The van der Waals surface area contributed by atoms with Gasteiger partial charge in [-0.3, -0.25) is 9.69 Å². The Balaban J connectivity index is 1.09. The van der Waals surface area contributed by atoms with E-state index in [-0.39, 0.29) is 12.5 Å². The number of morpholine rings is 1. The number of amides is 1. The highest BCUT2D eigenvalue weighted by atomic mass is 16.5. The Morgan fingerprint density at radius 1 is 0.807 bits per heavy atom. The summed E-state index contributed by atoms with van der Waals surface area (Å²) in [5, 5.41) is 9.34. The molecule has 0 radical (unpaired) electrons. The van der Waals surface area contributed by atoms with Crippen LogP contribution in [0.4, 0.5) is 23.4 Å². The van der Waals surface area contributed by atoms with Crippen LogP contribution < -0.4 is 24.2 Å². The molecule has 0 spiro atoms. The molecule has 2 fully saturated rings. The van der Waals surface area contributed by atoms with Crippen LogP contribution in [0.25, 0.3) is 11.3 Å². The number of benzene rings is 3. The summed E-state index contributed by atoms with van der Waals surface area (Å²) >= 11 is 0. The first-order valence-electron chi connectivity index (χ1n) is 19.6. The molecule has 2 saturated heterocycles. The van der Waals surface area contributed by atoms with Gasteiger partial charge in [-0.15, -0.1) is 0 Å². The highest BCUT2D eigenvalue weighted by Gasteiger charge is 2.31. The second kappa shape index (κ2) is 17.5. The first-order chi connectivity index (χ1) is 28.0. The Kier molecular flexibility index (Phi) is 11.7. The summed E-state index contributed by atoms with van der Waals surface area (Å²) < 4.78 is 16.5. The van der Waals surface area contributed by atoms with Crippen molar-refractivity contribution < 1.29 is 24.1 Å². The van der Waals surface area contributed by atoms with Crippen LogP contribution in [0.5, 0.6) is 11.5 Å². The van der Waals surface area contributed by atoms with Crippen molar-refractivity contribution in [3.63, 3.8) is 0 Å². The summed E-state index contributed by atoms with van der Waals surface area (Å²) in [5.41, 5.74) is 6.41. The molecule has 0 unspecified atom stereocenters. The minimum absolute atomic E-state index is 0.0163. The molecule has 0 bridgehead atoms. The number of hydrogen-bond acceptors (Lipinski definition) is 13. The van der Waals surface area contributed by atoms with Crippen LogP contribution in [0, 0.1) is 0 Å². The molecular weight excluding hydrogens is 723 g/mol. The van der Waals surface area contributed by atoms with E-state index in [0.29, 0.717) is 83.0 Å². The van der Waals surface area contributed by atoms with E-state index in [9.17, 15) is 9.90 Å². The van der Waals surface area contributed by atoms with Crippen molar-refractivity contribution in [2.75, 3.05) is 101 Å². The van der Waals surface area contributed by atoms with Crippen LogP contribution in [0.1, 0.15) is 27.0 Å². The van der Waals surface area contributed by atoms with Crippen molar-refractivity contribution in [1.29, 1.82) is 0 Å². The van der Waals surface area contributed by atoms with Gasteiger partial charge in [-0.25, -0.2) is 15.0 Å². The number of rotatable bonds is 13. The fraction of sp³-hybridized carbons (Fsp3) is 0.372. The number of aromatic nitrogens is 4. The molecule has 14 heteroatoms. The van der Waals surface area contributed by atoms with Crippen LogP contribution >= 0.6 is 0 Å². The zero-order valence-electron chi connectivity index (χ0n) is 32.6. The minimum atomic E-state index is 0.0163. The van der Waals surface area contributed by atoms with E-state index in [2.05, 4.69) is 43.9 Å². The summed E-state index contributed by atoms with van der Waals surface area (Å²) in [6, 6.07) is 24.0. The number of aliphatic hydroxyl groups excluding tert-OH is 1. The molecule has 0 saturated carbocycles. The molecule has 5 aromatic rings. The van der Waals surface area contributed by atoms with E-state index in [0.717, 1.165) is 70.5 Å². The predicted octanol–water partition coefficient (Wildman–Crippen LogP) is 4.44. The van der Waals surface area contributed by atoms with Gasteiger partial charge in [0.05, 0.1) is 39.7 Å². The molecule has 2 aromatic heterocycles. The van der Waals surface area contributed by atoms with Crippen LogP contribution in [0.2, 0.25) is 0 Å². The molecule has 1 N–H and O–H groups in total. The Morgan fingerprint density at radius 3 is 2.07 bits per heavy atom. The number of anilines is 4. The van der Waals surface area contributed by atoms with Crippen molar-refractivity contribution >= 4 is 29.3 Å². The second-order valence-corrected chi connectivity index (χ2v) is 14.4. The third-order valence-corrected chi connectivity index (χ3v) is 10.8. The number of fused-ring (bicyclic) bond motifs is 1. The number of carbonyl (C=O) groups excluding carboxylic acids is 1. The molecular formula is C43H49N9O5. The molecule has 57 heavy (non-hydrogen) atoms. The van der Waals surface area contributed by atoms with Gasteiger partial charge < -0.3 is 38.9 Å². The maximum atomic E-state index is 13.7. The first kappa shape index (κ1) is 38.1. The Labute approximate surface area is 333 Å². The van der Waals surface area contributed by atoms with Gasteiger partial charge in [-0.05, 0) is 60.0 Å². The first-order valence-corrected chi connectivity index (χ1v) is 19.6. The lowest BCUT2D eigenvalue weighted by atomic mass is 10.1. The number of β-amino-alcohol motifs (C(OH)–C–C–N with tert-alkyl or cyclic N) is 1. The van der Waals surface area contributed by atoms with E-state index >= 15 is 0 Å². The number of methoxy groups -OCH3 is 2. The summed E-state index contributed by atoms with van der Waals surface area (Å²) in [7, 11) is 3.34. The standard InChI is InChI=1S/C43H49N9O5/c1-55-36-10-6-31(7-11-36)29-51(30-32-8-12-37(56-2)13-9-32)42-44-27-34(28-45-42)39-38-14-15-52(40(38)47-43(46-39)50-21-24-57-25-22-50)35-5-3-4-33(26-35)41(54)49-18-16-48(17-19-49)20-23-53/h3-13,26-28,53H,14-25,29-30H2,1-2H3. The van der Waals surface area contributed by atoms with Gasteiger partial charge in [0.1, 0.15) is 17.3 Å². The highest BCUT2D eigenvalue weighted by molar-refractivity contribution is 5.95. The number of ether oxygens (including phenoxy) is 3. The molecule has 1 amide bonds. The van der Waals surface area contributed by atoms with E-state index in [1.54, 1.807) is 14.2 Å². The maximum Gasteiger partial charge on any atom is 0.254 e. The van der Waals surface area contributed by atoms with Gasteiger partial charge >= 0.3 is 0 Å². The number of hydrogen-bond donors (Lipinski definition) is 1. The average Bonchev–Trinajstić information content (AvgIpc) is 3.71. The van der Waals surface area contributed by atoms with Gasteiger partial charge in [-0.1, -0.05) is 30.3 Å². The van der Waals surface area contributed by atoms with Crippen molar-refractivity contribution in [3.8, 4) is 22.8 Å². The fourth-order valence-electron chi connectivity index (χ4n) is 7.65. The number of piperazine rings is 1. The smallest absolute Gasteiger partial charge is 0.254 e. The predicted molar refractivity (Wildman–Crippen MR) is 219 cm³/mol. The van der Waals surface area contributed by atoms with Crippen LogP contribution in [0.15, 0.2) is 85.2 Å². The summed E-state index contributed by atoms with van der Waals surface area (Å²) in [6.07, 6.45) is 4.46. The molecule has 296 valence electrons. The number of nitrogens with zero attached hydrogens (tertiary/aromatic N) is 9. The van der Waals surface area contributed by atoms with Crippen LogP contribution in [0.3, 0.4) is 0 Å². The van der Waals surface area contributed by atoms with Crippen molar-refractivity contribution in [2.24, 2.45) is 0 Å². The van der Waals surface area contributed by atoms with E-state index in [1.165, 1.54) is 0 Å². The Hall–Kier alpha value is -5.83. The SMILES string of the molecule is COc1ccc(CN(Cc2ccc(OC)cc2)c2ncc(-c3nc(N4CCOCC4)nc4c3CCN4c3cccc(C(=O)N4CCN(CCO)CC4)c3)cn2)cc1. The molecule has 3 aromatic carbocycles. The normalized spacial score (nSPS) is 15.7. The zero-order valence-corrected chi connectivity index (χ0v) is 32.6. The molecule has 3 aliphatic rings. The van der Waals surface area contributed by atoms with Crippen LogP contribution in [-0.2, 0) is 24.2 Å². The third-order valence-electron chi connectivity index (χ3n) is 10.8. The topological polar surface area (TPSA) is 133 Å². The van der Waals surface area contributed by atoms with Crippen molar-refractivity contribution in [1.82, 2.24) is 29.7 Å². The summed E-state index contributed by atoms with van der Waals surface area (Å²) in [6.45, 7) is 8.00. The van der Waals surface area contributed by atoms with Gasteiger partial charge in [-0.2, -0.15) is 4.98 Å². The van der Waals surface area contributed by atoms with Gasteiger partial charge in [0.15, 0.2) is 0 Å². The molecule has 14 nitrogen and oxygen atoms in total. The largest absolute Gasteiger partial charge is 0.497 e. The monoisotopic (exact) mass is 771 g/mol. The van der Waals surface area contributed by atoms with Crippen LogP contribution in [-0.4, -0.2) is 127 Å². The second-order valence-electron chi connectivity index (χ2n) is 14.4. The lowest BCUT2D eigenvalue weighted by Gasteiger charge is -2.34. The van der Waals surface area contributed by atoms with Gasteiger partial charge in [0.25, 0.3) is 5.91 Å². The van der Waals surface area contributed by atoms with E-state index in [4.69, 9.17) is 34.1 Å². The average molecular weight is 772 g/mol. The summed E-state index contributed by atoms with van der Waals surface area (Å²) in [5.74, 6) is 3.69. The quantitative estimate of drug-likeness (QED) is 0.181. The Bertz CT molecular complexity index is 2070. The highest BCUT2D eigenvalue weighted by Crippen LogP contribution is 2.39. The molecule has 3 aliphatic heterocycles. The van der Waals surface area contributed by atoms with Gasteiger partial charge in [0, 0.05) is 100 Å². The lowest BCUT2D eigenvalue weighted by Crippen LogP contribution is -2.49.